The third kappa shape index (κ3) is 4.75. The Morgan fingerprint density at radius 1 is 0.875 bits per heavy atom. The molecule has 1 aromatic carbocycles. The molecule has 1 aliphatic heterocycles. The Morgan fingerprint density at radius 3 is 2.12 bits per heavy atom. The van der Waals surface area contributed by atoms with Crippen LogP contribution in [-0.2, 0) is 6.54 Å². The van der Waals surface area contributed by atoms with E-state index in [1.54, 1.807) is 21.3 Å². The first-order chi connectivity index (χ1) is 11.7. The molecule has 0 amide bonds. The zero-order valence-electron chi connectivity index (χ0n) is 15.1. The van der Waals surface area contributed by atoms with Gasteiger partial charge in [-0.05, 0) is 25.5 Å². The molecule has 136 valence electrons. The number of ether oxygens (including phenoxy) is 3. The van der Waals surface area contributed by atoms with Crippen LogP contribution in [0.15, 0.2) is 12.1 Å². The van der Waals surface area contributed by atoms with Gasteiger partial charge in [-0.2, -0.15) is 0 Å². The van der Waals surface area contributed by atoms with Gasteiger partial charge in [0.15, 0.2) is 11.5 Å². The topological polar surface area (TPSA) is 54.4 Å². The first-order valence-electron chi connectivity index (χ1n) is 8.56. The van der Waals surface area contributed by atoms with Crippen molar-refractivity contribution in [3.05, 3.63) is 17.7 Å². The predicted octanol–water partition coefficient (Wildman–Crippen LogP) is 1.60. The number of unbranched alkanes of at least 4 members (excludes halogenated alkanes) is 1. The lowest BCUT2D eigenvalue weighted by molar-refractivity contribution is 0.123. The van der Waals surface area contributed by atoms with Crippen molar-refractivity contribution in [2.45, 2.75) is 19.4 Å². The van der Waals surface area contributed by atoms with E-state index in [0.717, 1.165) is 63.4 Å². The van der Waals surface area contributed by atoms with Crippen LogP contribution in [0.5, 0.6) is 17.2 Å². The molecule has 0 spiro atoms. The fraction of sp³-hybridized carbons (Fsp3) is 0.667. The van der Waals surface area contributed by atoms with Crippen LogP contribution in [-0.4, -0.2) is 75.6 Å². The van der Waals surface area contributed by atoms with Gasteiger partial charge in [0, 0.05) is 44.9 Å². The Kier molecular flexibility index (Phi) is 7.62. The molecule has 0 aromatic heterocycles. The zero-order chi connectivity index (χ0) is 17.4. The molecule has 24 heavy (non-hydrogen) atoms. The summed E-state index contributed by atoms with van der Waals surface area (Å²) in [6, 6.07) is 3.98. The minimum Gasteiger partial charge on any atom is -0.493 e. The van der Waals surface area contributed by atoms with E-state index in [1.807, 2.05) is 12.1 Å². The molecule has 6 nitrogen and oxygen atoms in total. The molecule has 0 bridgehead atoms. The van der Waals surface area contributed by atoms with Crippen LogP contribution in [0.3, 0.4) is 0 Å². The summed E-state index contributed by atoms with van der Waals surface area (Å²) in [5.41, 5.74) is 1.11. The van der Waals surface area contributed by atoms with Crippen LogP contribution >= 0.6 is 0 Å². The first-order valence-corrected chi connectivity index (χ1v) is 8.56. The third-order valence-corrected chi connectivity index (χ3v) is 4.53. The lowest BCUT2D eigenvalue weighted by Crippen LogP contribution is -2.46. The van der Waals surface area contributed by atoms with Gasteiger partial charge in [0.1, 0.15) is 0 Å². The van der Waals surface area contributed by atoms with Gasteiger partial charge in [0.05, 0.1) is 21.3 Å². The largest absolute Gasteiger partial charge is 0.493 e. The van der Waals surface area contributed by atoms with Crippen LogP contribution in [0.1, 0.15) is 18.4 Å². The molecule has 2 rings (SSSR count). The van der Waals surface area contributed by atoms with Gasteiger partial charge >= 0.3 is 0 Å². The minimum atomic E-state index is 0.291. The normalized spacial score (nSPS) is 16.2. The molecule has 0 aliphatic carbocycles. The standard InChI is InChI=1S/C18H30N2O4/c1-22-16-7-6-15(17(23-2)18(16)24-3)14-20-11-9-19(10-12-20)8-4-5-13-21/h6-7,21H,4-5,8-14H2,1-3H3. The molecule has 1 aromatic rings. The van der Waals surface area contributed by atoms with Gasteiger partial charge in [-0.15, -0.1) is 0 Å². The van der Waals surface area contributed by atoms with Crippen LogP contribution < -0.4 is 14.2 Å². The number of methoxy groups -OCH3 is 3. The predicted molar refractivity (Wildman–Crippen MR) is 94.1 cm³/mol. The molecule has 1 fully saturated rings. The van der Waals surface area contributed by atoms with Gasteiger partial charge in [-0.25, -0.2) is 0 Å². The second kappa shape index (κ2) is 9.71. The fourth-order valence-electron chi connectivity index (χ4n) is 3.15. The number of benzene rings is 1. The lowest BCUT2D eigenvalue weighted by atomic mass is 10.1. The third-order valence-electron chi connectivity index (χ3n) is 4.53. The molecule has 0 saturated carbocycles. The van der Waals surface area contributed by atoms with Crippen molar-refractivity contribution in [2.24, 2.45) is 0 Å². The maximum absolute atomic E-state index is 8.87. The summed E-state index contributed by atoms with van der Waals surface area (Å²) in [7, 11) is 4.93. The Bertz CT molecular complexity index is 502. The summed E-state index contributed by atoms with van der Waals surface area (Å²) in [6.07, 6.45) is 1.96. The van der Waals surface area contributed by atoms with Gasteiger partial charge in [0.25, 0.3) is 0 Å². The Hall–Kier alpha value is -1.50. The van der Waals surface area contributed by atoms with E-state index in [2.05, 4.69) is 9.80 Å². The van der Waals surface area contributed by atoms with Crippen molar-refractivity contribution < 1.29 is 19.3 Å². The van der Waals surface area contributed by atoms with E-state index in [9.17, 15) is 0 Å². The SMILES string of the molecule is COc1ccc(CN2CCN(CCCCO)CC2)c(OC)c1OC. The summed E-state index contributed by atoms with van der Waals surface area (Å²) in [5.74, 6) is 2.09. The summed E-state index contributed by atoms with van der Waals surface area (Å²) in [5, 5.41) is 8.87. The van der Waals surface area contributed by atoms with E-state index in [1.165, 1.54) is 0 Å². The minimum absolute atomic E-state index is 0.291. The molecule has 0 radical (unpaired) electrons. The zero-order valence-corrected chi connectivity index (χ0v) is 15.1. The number of aliphatic hydroxyl groups is 1. The Labute approximate surface area is 144 Å². The lowest BCUT2D eigenvalue weighted by Gasteiger charge is -2.35. The van der Waals surface area contributed by atoms with Crippen LogP contribution in [0.4, 0.5) is 0 Å². The van der Waals surface area contributed by atoms with Crippen molar-refractivity contribution in [3.63, 3.8) is 0 Å². The van der Waals surface area contributed by atoms with E-state index < -0.39 is 0 Å². The fourth-order valence-corrected chi connectivity index (χ4v) is 3.15. The summed E-state index contributed by atoms with van der Waals surface area (Å²) in [6.45, 7) is 6.43. The second-order valence-corrected chi connectivity index (χ2v) is 6.04. The molecule has 1 saturated heterocycles. The highest BCUT2D eigenvalue weighted by molar-refractivity contribution is 5.55. The highest BCUT2D eigenvalue weighted by Crippen LogP contribution is 2.40. The number of aliphatic hydroxyl groups excluding tert-OH is 1. The van der Waals surface area contributed by atoms with E-state index in [-0.39, 0.29) is 0 Å². The van der Waals surface area contributed by atoms with Gasteiger partial charge in [0.2, 0.25) is 5.75 Å². The van der Waals surface area contributed by atoms with Crippen LogP contribution in [0, 0.1) is 0 Å². The molecule has 6 heteroatoms. The molecule has 1 N–H and O–H groups in total. The highest BCUT2D eigenvalue weighted by atomic mass is 16.5. The van der Waals surface area contributed by atoms with Gasteiger partial charge in [-0.3, -0.25) is 4.90 Å². The van der Waals surface area contributed by atoms with Crippen molar-refractivity contribution in [1.82, 2.24) is 9.80 Å². The summed E-state index contributed by atoms with van der Waals surface area (Å²) >= 11 is 0. The quantitative estimate of drug-likeness (QED) is 0.691. The molecular formula is C18H30N2O4. The van der Waals surface area contributed by atoms with E-state index >= 15 is 0 Å². The Morgan fingerprint density at radius 2 is 1.54 bits per heavy atom. The molecule has 0 atom stereocenters. The molecule has 1 heterocycles. The summed E-state index contributed by atoms with van der Waals surface area (Å²) in [4.78, 5) is 4.91. The number of hydrogen-bond acceptors (Lipinski definition) is 6. The number of piperazine rings is 1. The average Bonchev–Trinajstić information content (AvgIpc) is 2.62. The van der Waals surface area contributed by atoms with Crippen LogP contribution in [0.25, 0.3) is 0 Å². The smallest absolute Gasteiger partial charge is 0.203 e. The van der Waals surface area contributed by atoms with Crippen molar-refractivity contribution >= 4 is 0 Å². The maximum Gasteiger partial charge on any atom is 0.203 e. The molecular weight excluding hydrogens is 308 g/mol. The van der Waals surface area contributed by atoms with E-state index in [4.69, 9.17) is 19.3 Å². The molecule has 1 aliphatic rings. The van der Waals surface area contributed by atoms with Crippen molar-refractivity contribution in [1.29, 1.82) is 0 Å². The average molecular weight is 338 g/mol. The number of nitrogens with zero attached hydrogens (tertiary/aromatic N) is 2. The number of hydrogen-bond donors (Lipinski definition) is 1. The summed E-state index contributed by atoms with van der Waals surface area (Å²) < 4.78 is 16.4. The van der Waals surface area contributed by atoms with Crippen molar-refractivity contribution in [3.8, 4) is 17.2 Å². The molecule has 0 unspecified atom stereocenters. The van der Waals surface area contributed by atoms with E-state index in [0.29, 0.717) is 18.1 Å². The van der Waals surface area contributed by atoms with Gasteiger partial charge < -0.3 is 24.2 Å². The first kappa shape index (κ1) is 18.8. The monoisotopic (exact) mass is 338 g/mol. The number of rotatable bonds is 9. The Balaban J connectivity index is 1.95. The highest BCUT2D eigenvalue weighted by Gasteiger charge is 2.21. The maximum atomic E-state index is 8.87. The van der Waals surface area contributed by atoms with Gasteiger partial charge in [-0.1, -0.05) is 6.07 Å². The van der Waals surface area contributed by atoms with Crippen molar-refractivity contribution in [2.75, 3.05) is 60.7 Å². The van der Waals surface area contributed by atoms with Crippen LogP contribution in [0.2, 0.25) is 0 Å². The second-order valence-electron chi connectivity index (χ2n) is 6.04.